The fourth-order valence-electron chi connectivity index (χ4n) is 2.82. The molecule has 0 aliphatic heterocycles. The number of nitrogens with one attached hydrogen (secondary N) is 2. The zero-order valence-electron chi connectivity index (χ0n) is 16.9. The Balaban J connectivity index is 1.68. The molecule has 0 fully saturated rings. The number of furan rings is 1. The Morgan fingerprint density at radius 3 is 2.37 bits per heavy atom. The Labute approximate surface area is 173 Å². The largest absolute Gasteiger partial charge is 0.433 e. The summed E-state index contributed by atoms with van der Waals surface area (Å²) in [4.78, 5) is 33.2. The van der Waals surface area contributed by atoms with Crippen LogP contribution in [-0.4, -0.2) is 33.9 Å². The summed E-state index contributed by atoms with van der Waals surface area (Å²) in [6.45, 7) is 7.75. The molecule has 1 aromatic carbocycles. The van der Waals surface area contributed by atoms with Crippen LogP contribution in [0.25, 0.3) is 0 Å². The average Bonchev–Trinajstić information content (AvgIpc) is 3.21. The van der Waals surface area contributed by atoms with E-state index in [1.54, 1.807) is 24.3 Å². The first-order valence-electron chi connectivity index (χ1n) is 9.43. The van der Waals surface area contributed by atoms with E-state index in [9.17, 15) is 14.9 Å². The molecule has 2 N–H and O–H groups in total. The minimum Gasteiger partial charge on any atom is -0.395 e. The molecule has 2 heterocycles. The average molecular weight is 410 g/mol. The molecule has 156 valence electrons. The second-order valence-electron chi connectivity index (χ2n) is 6.41. The van der Waals surface area contributed by atoms with Gasteiger partial charge in [-0.05, 0) is 51.1 Å². The highest BCUT2D eigenvalue weighted by atomic mass is 16.6. The molecule has 1 amide bonds. The maximum Gasteiger partial charge on any atom is 0.433 e. The first kappa shape index (κ1) is 20.8. The van der Waals surface area contributed by atoms with Crippen LogP contribution < -0.4 is 15.5 Å². The number of nitrogens with zero attached hydrogens (tertiary/aromatic N) is 4. The van der Waals surface area contributed by atoms with Gasteiger partial charge >= 0.3 is 5.88 Å². The molecule has 10 heteroatoms. The summed E-state index contributed by atoms with van der Waals surface area (Å²) in [6, 6.07) is 11.3. The standard InChI is InChI=1S/C20H22N6O4/c1-4-25(5-2)17-12-13(3)21-20(24-17)23-15-8-6-14(7-9-15)22-19(27)16-10-11-18(30-16)26(28)29/h6-12H,4-5H2,1-3H3,(H,22,27)(H,21,23,24). The maximum atomic E-state index is 12.2. The first-order chi connectivity index (χ1) is 14.4. The number of aryl methyl sites for hydroxylation is 1. The lowest BCUT2D eigenvalue weighted by atomic mass is 10.2. The zero-order valence-corrected chi connectivity index (χ0v) is 16.9. The molecule has 0 aliphatic rings. The third-order valence-corrected chi connectivity index (χ3v) is 4.32. The molecule has 0 aliphatic carbocycles. The van der Waals surface area contributed by atoms with Gasteiger partial charge in [0.05, 0.1) is 6.07 Å². The molecule has 0 spiro atoms. The Kier molecular flexibility index (Phi) is 6.26. The van der Waals surface area contributed by atoms with E-state index in [0.29, 0.717) is 11.6 Å². The van der Waals surface area contributed by atoms with E-state index in [1.807, 2.05) is 13.0 Å². The summed E-state index contributed by atoms with van der Waals surface area (Å²) >= 11 is 0. The van der Waals surface area contributed by atoms with Gasteiger partial charge in [-0.3, -0.25) is 14.9 Å². The van der Waals surface area contributed by atoms with Crippen LogP contribution in [0.2, 0.25) is 0 Å². The van der Waals surface area contributed by atoms with Crippen LogP contribution in [0.1, 0.15) is 30.1 Å². The van der Waals surface area contributed by atoms with E-state index in [1.165, 1.54) is 6.07 Å². The highest BCUT2D eigenvalue weighted by Crippen LogP contribution is 2.21. The normalized spacial score (nSPS) is 10.5. The Bertz CT molecular complexity index is 1040. The van der Waals surface area contributed by atoms with Crippen LogP contribution in [0.4, 0.5) is 29.0 Å². The zero-order chi connectivity index (χ0) is 21.7. The molecule has 0 bridgehead atoms. The Morgan fingerprint density at radius 1 is 1.10 bits per heavy atom. The summed E-state index contributed by atoms with van der Waals surface area (Å²) in [7, 11) is 0. The molecular formula is C20H22N6O4. The maximum absolute atomic E-state index is 12.2. The molecule has 0 atom stereocenters. The SMILES string of the molecule is CCN(CC)c1cc(C)nc(Nc2ccc(NC(=O)c3ccc([N+](=O)[O-])o3)cc2)n1. The van der Waals surface area contributed by atoms with Gasteiger partial charge in [-0.25, -0.2) is 4.98 Å². The molecule has 3 rings (SSSR count). The van der Waals surface area contributed by atoms with Crippen LogP contribution in [0.3, 0.4) is 0 Å². The van der Waals surface area contributed by atoms with Gasteiger partial charge in [-0.2, -0.15) is 4.98 Å². The van der Waals surface area contributed by atoms with E-state index >= 15 is 0 Å². The third kappa shape index (κ3) is 4.90. The van der Waals surface area contributed by atoms with Crippen molar-refractivity contribution in [3.05, 3.63) is 64.0 Å². The van der Waals surface area contributed by atoms with Gasteiger partial charge in [-0.15, -0.1) is 0 Å². The topological polar surface area (TPSA) is 126 Å². The number of nitro groups is 1. The smallest absolute Gasteiger partial charge is 0.395 e. The number of anilines is 4. The molecule has 0 saturated heterocycles. The van der Waals surface area contributed by atoms with Crippen molar-refractivity contribution in [1.29, 1.82) is 0 Å². The van der Waals surface area contributed by atoms with Crippen molar-refractivity contribution in [3.63, 3.8) is 0 Å². The Morgan fingerprint density at radius 2 is 1.77 bits per heavy atom. The minimum absolute atomic E-state index is 0.138. The van der Waals surface area contributed by atoms with E-state index in [-0.39, 0.29) is 5.76 Å². The molecule has 30 heavy (non-hydrogen) atoms. The lowest BCUT2D eigenvalue weighted by Crippen LogP contribution is -2.23. The van der Waals surface area contributed by atoms with E-state index in [2.05, 4.69) is 39.3 Å². The summed E-state index contributed by atoms with van der Waals surface area (Å²) in [5.74, 6) is 0.139. The number of aromatic nitrogens is 2. The molecular weight excluding hydrogens is 388 g/mol. The number of rotatable bonds is 8. The van der Waals surface area contributed by atoms with Crippen LogP contribution in [0.15, 0.2) is 46.9 Å². The van der Waals surface area contributed by atoms with Crippen LogP contribution in [-0.2, 0) is 0 Å². The van der Waals surface area contributed by atoms with Crippen LogP contribution >= 0.6 is 0 Å². The number of hydrogen-bond acceptors (Lipinski definition) is 8. The lowest BCUT2D eigenvalue weighted by molar-refractivity contribution is -0.402. The lowest BCUT2D eigenvalue weighted by Gasteiger charge is -2.20. The van der Waals surface area contributed by atoms with Gasteiger partial charge < -0.3 is 20.0 Å². The number of benzene rings is 1. The van der Waals surface area contributed by atoms with Crippen LogP contribution in [0.5, 0.6) is 0 Å². The second kappa shape index (κ2) is 9.03. The van der Waals surface area contributed by atoms with Crippen molar-refractivity contribution in [3.8, 4) is 0 Å². The number of carbonyl (C=O) groups excluding carboxylic acids is 1. The van der Waals surface area contributed by atoms with E-state index in [4.69, 9.17) is 4.42 Å². The number of hydrogen-bond donors (Lipinski definition) is 2. The van der Waals surface area contributed by atoms with Gasteiger partial charge in [0.15, 0.2) is 5.76 Å². The summed E-state index contributed by atoms with van der Waals surface area (Å²) < 4.78 is 4.90. The third-order valence-electron chi connectivity index (χ3n) is 4.32. The van der Waals surface area contributed by atoms with E-state index in [0.717, 1.165) is 36.4 Å². The highest BCUT2D eigenvalue weighted by Gasteiger charge is 2.17. The minimum atomic E-state index is -0.698. The quantitative estimate of drug-likeness (QED) is 0.419. The monoisotopic (exact) mass is 410 g/mol. The van der Waals surface area contributed by atoms with E-state index < -0.39 is 16.7 Å². The van der Waals surface area contributed by atoms with Gasteiger partial charge in [0, 0.05) is 36.2 Å². The molecule has 0 unspecified atom stereocenters. The predicted molar refractivity (Wildman–Crippen MR) is 113 cm³/mol. The van der Waals surface area contributed by atoms with Gasteiger partial charge in [-0.1, -0.05) is 0 Å². The van der Waals surface area contributed by atoms with Crippen molar-refractivity contribution < 1.29 is 14.1 Å². The first-order valence-corrected chi connectivity index (χ1v) is 9.43. The number of amides is 1. The number of carbonyl (C=O) groups is 1. The van der Waals surface area contributed by atoms with Crippen molar-refractivity contribution >= 4 is 34.9 Å². The summed E-state index contributed by atoms with van der Waals surface area (Å²) in [5, 5.41) is 16.4. The van der Waals surface area contributed by atoms with Crippen molar-refractivity contribution in [1.82, 2.24) is 9.97 Å². The van der Waals surface area contributed by atoms with Gasteiger partial charge in [0.1, 0.15) is 10.7 Å². The highest BCUT2D eigenvalue weighted by molar-refractivity contribution is 6.02. The molecule has 0 radical (unpaired) electrons. The van der Waals surface area contributed by atoms with Crippen molar-refractivity contribution in [2.45, 2.75) is 20.8 Å². The molecule has 3 aromatic rings. The van der Waals surface area contributed by atoms with Gasteiger partial charge in [0.2, 0.25) is 5.95 Å². The van der Waals surface area contributed by atoms with Crippen LogP contribution in [0, 0.1) is 17.0 Å². The molecule has 0 saturated carbocycles. The molecule has 2 aromatic heterocycles. The summed E-state index contributed by atoms with van der Waals surface area (Å²) in [6.07, 6.45) is 0. The van der Waals surface area contributed by atoms with Gasteiger partial charge in [0.25, 0.3) is 5.91 Å². The predicted octanol–water partition coefficient (Wildman–Crippen LogP) is 4.13. The fourth-order valence-corrected chi connectivity index (χ4v) is 2.82. The van der Waals surface area contributed by atoms with Crippen molar-refractivity contribution in [2.75, 3.05) is 28.6 Å². The van der Waals surface area contributed by atoms with Crippen molar-refractivity contribution in [2.24, 2.45) is 0 Å². The Hall–Kier alpha value is -3.95. The summed E-state index contributed by atoms with van der Waals surface area (Å²) in [5.41, 5.74) is 2.11. The molecule has 10 nitrogen and oxygen atoms in total. The fraction of sp³-hybridized carbons (Fsp3) is 0.250. The second-order valence-corrected chi connectivity index (χ2v) is 6.41.